The van der Waals surface area contributed by atoms with Crippen LogP contribution >= 0.6 is 0 Å². The number of aromatic nitrogens is 4. The van der Waals surface area contributed by atoms with Crippen LogP contribution in [-0.2, 0) is 4.79 Å². The van der Waals surface area contributed by atoms with Gasteiger partial charge in [-0.1, -0.05) is 12.8 Å². The lowest BCUT2D eigenvalue weighted by atomic mass is 10.1. The molecule has 198 valence electrons. The van der Waals surface area contributed by atoms with Gasteiger partial charge in [0, 0.05) is 29.3 Å². The molecule has 0 aliphatic heterocycles. The molecular formula is C28H31N5O5. The third kappa shape index (κ3) is 4.81. The van der Waals surface area contributed by atoms with Gasteiger partial charge in [-0.05, 0) is 51.0 Å². The van der Waals surface area contributed by atoms with E-state index < -0.39 is 0 Å². The highest BCUT2D eigenvalue weighted by molar-refractivity contribution is 5.92. The number of amides is 1. The highest BCUT2D eigenvalue weighted by Crippen LogP contribution is 2.42. The monoisotopic (exact) mass is 517 g/mol. The van der Waals surface area contributed by atoms with Crippen molar-refractivity contribution in [3.05, 3.63) is 47.9 Å². The lowest BCUT2D eigenvalue weighted by Crippen LogP contribution is -2.20. The molecule has 2 heterocycles. The molecule has 1 amide bonds. The zero-order valence-corrected chi connectivity index (χ0v) is 22.2. The van der Waals surface area contributed by atoms with Crippen LogP contribution in [-0.4, -0.2) is 46.8 Å². The predicted molar refractivity (Wildman–Crippen MR) is 142 cm³/mol. The summed E-state index contributed by atoms with van der Waals surface area (Å²) in [6.07, 6.45) is 4.14. The van der Waals surface area contributed by atoms with Crippen LogP contribution in [0.5, 0.6) is 28.9 Å². The fourth-order valence-corrected chi connectivity index (χ4v) is 4.85. The Morgan fingerprint density at radius 2 is 1.61 bits per heavy atom. The van der Waals surface area contributed by atoms with E-state index in [0.29, 0.717) is 46.0 Å². The topological polar surface area (TPSA) is 109 Å². The number of nitrogens with zero attached hydrogens (tertiary/aromatic N) is 4. The number of anilines is 1. The van der Waals surface area contributed by atoms with Crippen LogP contribution in [0.1, 0.15) is 37.2 Å². The second-order valence-electron chi connectivity index (χ2n) is 9.26. The van der Waals surface area contributed by atoms with E-state index in [1.807, 2.05) is 38.1 Å². The molecule has 1 aliphatic rings. The summed E-state index contributed by atoms with van der Waals surface area (Å²) in [5.74, 6) is 3.52. The van der Waals surface area contributed by atoms with Crippen LogP contribution in [0, 0.1) is 19.8 Å². The van der Waals surface area contributed by atoms with Gasteiger partial charge in [-0.3, -0.25) is 4.79 Å². The number of rotatable bonds is 8. The number of fused-ring (bicyclic) bond motifs is 1. The van der Waals surface area contributed by atoms with Crippen molar-refractivity contribution in [2.24, 2.45) is 5.92 Å². The number of hydrogen-bond donors (Lipinski definition) is 1. The Morgan fingerprint density at radius 3 is 2.21 bits per heavy atom. The van der Waals surface area contributed by atoms with Gasteiger partial charge in [0.05, 0.1) is 27.0 Å². The number of ether oxygens (including phenoxy) is 4. The third-order valence-corrected chi connectivity index (χ3v) is 6.78. The SMILES string of the molecule is COc1cc(Oc2nc(-c3ccc(NC(=O)C4CCCC4)cc3)nn3c(C)nc(C)c23)cc(OC)c1OC. The van der Waals surface area contributed by atoms with Crippen molar-refractivity contribution in [2.45, 2.75) is 39.5 Å². The summed E-state index contributed by atoms with van der Waals surface area (Å²) in [7, 11) is 4.64. The van der Waals surface area contributed by atoms with E-state index in [9.17, 15) is 4.79 Å². The van der Waals surface area contributed by atoms with Gasteiger partial charge in [-0.25, -0.2) is 9.50 Å². The maximum atomic E-state index is 12.5. The maximum absolute atomic E-state index is 12.5. The molecule has 0 saturated heterocycles. The first kappa shape index (κ1) is 25.3. The summed E-state index contributed by atoms with van der Waals surface area (Å²) in [6.45, 7) is 3.76. The van der Waals surface area contributed by atoms with Crippen molar-refractivity contribution in [1.82, 2.24) is 19.6 Å². The van der Waals surface area contributed by atoms with Crippen LogP contribution in [0.25, 0.3) is 16.9 Å². The molecule has 2 aromatic heterocycles. The summed E-state index contributed by atoms with van der Waals surface area (Å²) in [5.41, 5.74) is 2.91. The molecule has 1 saturated carbocycles. The molecule has 0 radical (unpaired) electrons. The van der Waals surface area contributed by atoms with Crippen molar-refractivity contribution in [1.29, 1.82) is 0 Å². The summed E-state index contributed by atoms with van der Waals surface area (Å²) < 4.78 is 24.4. The first-order valence-corrected chi connectivity index (χ1v) is 12.5. The van der Waals surface area contributed by atoms with Gasteiger partial charge in [-0.15, -0.1) is 5.10 Å². The number of benzene rings is 2. The fraction of sp³-hybridized carbons (Fsp3) is 0.357. The number of methoxy groups -OCH3 is 3. The number of imidazole rings is 1. The van der Waals surface area contributed by atoms with E-state index in [1.165, 1.54) is 0 Å². The molecule has 0 bridgehead atoms. The molecular weight excluding hydrogens is 486 g/mol. The van der Waals surface area contributed by atoms with Crippen molar-refractivity contribution in [3.8, 4) is 40.3 Å². The molecule has 38 heavy (non-hydrogen) atoms. The van der Waals surface area contributed by atoms with Gasteiger partial charge < -0.3 is 24.3 Å². The molecule has 0 unspecified atom stereocenters. The van der Waals surface area contributed by atoms with Gasteiger partial charge in [0.25, 0.3) is 0 Å². The minimum absolute atomic E-state index is 0.0819. The molecule has 0 atom stereocenters. The molecule has 0 spiro atoms. The van der Waals surface area contributed by atoms with Gasteiger partial charge in [-0.2, -0.15) is 4.98 Å². The molecule has 5 rings (SSSR count). The third-order valence-electron chi connectivity index (χ3n) is 6.78. The predicted octanol–water partition coefficient (Wildman–Crippen LogP) is 5.35. The minimum Gasteiger partial charge on any atom is -0.493 e. The Balaban J connectivity index is 1.50. The highest BCUT2D eigenvalue weighted by atomic mass is 16.5. The van der Waals surface area contributed by atoms with E-state index >= 15 is 0 Å². The van der Waals surface area contributed by atoms with Gasteiger partial charge >= 0.3 is 0 Å². The Kier molecular flexibility index (Phi) is 7.04. The van der Waals surface area contributed by atoms with Crippen molar-refractivity contribution >= 4 is 17.1 Å². The molecule has 1 fully saturated rings. The first-order valence-electron chi connectivity index (χ1n) is 12.5. The lowest BCUT2D eigenvalue weighted by molar-refractivity contribution is -0.119. The molecule has 2 aromatic carbocycles. The van der Waals surface area contributed by atoms with E-state index in [4.69, 9.17) is 29.0 Å². The van der Waals surface area contributed by atoms with E-state index in [1.54, 1.807) is 38.0 Å². The van der Waals surface area contributed by atoms with Crippen LogP contribution < -0.4 is 24.3 Å². The Labute approximate surface area is 220 Å². The molecule has 4 aromatic rings. The van der Waals surface area contributed by atoms with Gasteiger partial charge in [0.2, 0.25) is 17.5 Å². The fourth-order valence-electron chi connectivity index (χ4n) is 4.85. The quantitative estimate of drug-likeness (QED) is 0.333. The highest BCUT2D eigenvalue weighted by Gasteiger charge is 2.23. The van der Waals surface area contributed by atoms with Crippen molar-refractivity contribution < 1.29 is 23.7 Å². The standard InChI is InChI=1S/C28H31N5O5/c1-16-24-28(38-21-14-22(35-3)25(37-5)23(15-21)36-4)31-26(32-33(24)17(2)29-16)18-10-12-20(13-11-18)30-27(34)19-8-6-7-9-19/h10-15,19H,6-9H2,1-5H3,(H,30,34). The van der Waals surface area contributed by atoms with Crippen LogP contribution in [0.3, 0.4) is 0 Å². The van der Waals surface area contributed by atoms with E-state index in [2.05, 4.69) is 10.3 Å². The second kappa shape index (κ2) is 10.6. The van der Waals surface area contributed by atoms with Gasteiger partial charge in [0.1, 0.15) is 11.6 Å². The molecule has 10 nitrogen and oxygen atoms in total. The number of carbonyl (C=O) groups excluding carboxylic acids is 1. The van der Waals surface area contributed by atoms with Crippen LogP contribution in [0.15, 0.2) is 36.4 Å². The summed E-state index contributed by atoms with van der Waals surface area (Å²) in [6, 6.07) is 10.9. The van der Waals surface area contributed by atoms with Crippen LogP contribution in [0.4, 0.5) is 5.69 Å². The average Bonchev–Trinajstić information content (AvgIpc) is 3.57. The average molecular weight is 518 g/mol. The maximum Gasteiger partial charge on any atom is 0.249 e. The zero-order chi connectivity index (χ0) is 26.8. The molecule has 1 aliphatic carbocycles. The smallest absolute Gasteiger partial charge is 0.249 e. The van der Waals surface area contributed by atoms with Gasteiger partial charge in [0.15, 0.2) is 22.8 Å². The Bertz CT molecular complexity index is 1450. The van der Waals surface area contributed by atoms with E-state index in [0.717, 1.165) is 42.6 Å². The minimum atomic E-state index is 0.0819. The normalized spacial score (nSPS) is 13.5. The van der Waals surface area contributed by atoms with Crippen molar-refractivity contribution in [2.75, 3.05) is 26.6 Å². The largest absolute Gasteiger partial charge is 0.493 e. The summed E-state index contributed by atoms with van der Waals surface area (Å²) in [4.78, 5) is 21.8. The Hall–Kier alpha value is -4.34. The molecule has 1 N–H and O–H groups in total. The van der Waals surface area contributed by atoms with Crippen molar-refractivity contribution in [3.63, 3.8) is 0 Å². The van der Waals surface area contributed by atoms with E-state index in [-0.39, 0.29) is 11.8 Å². The number of carbonyl (C=O) groups is 1. The first-order chi connectivity index (χ1) is 18.4. The summed E-state index contributed by atoms with van der Waals surface area (Å²) >= 11 is 0. The molecule has 10 heteroatoms. The Morgan fingerprint density at radius 1 is 0.947 bits per heavy atom. The van der Waals surface area contributed by atoms with Crippen LogP contribution in [0.2, 0.25) is 0 Å². The summed E-state index contributed by atoms with van der Waals surface area (Å²) in [5, 5.41) is 7.75. The number of hydrogen-bond acceptors (Lipinski definition) is 8. The number of aryl methyl sites for hydroxylation is 2. The lowest BCUT2D eigenvalue weighted by Gasteiger charge is -2.15. The number of nitrogens with one attached hydrogen (secondary N) is 1. The zero-order valence-electron chi connectivity index (χ0n) is 22.2. The second-order valence-corrected chi connectivity index (χ2v) is 9.26.